The number of benzene rings is 2. The Morgan fingerprint density at radius 3 is 1.79 bits per heavy atom. The minimum absolute atomic E-state index is 0.0363. The Labute approximate surface area is 218 Å². The molecular weight excluding hydrogens is 524 g/mol. The molecule has 0 N–H and O–H groups in total. The number of aryl methyl sites for hydroxylation is 2. The summed E-state index contributed by atoms with van der Waals surface area (Å²) in [7, 11) is 2.76. The van der Waals surface area contributed by atoms with Gasteiger partial charge < -0.3 is 9.47 Å². The van der Waals surface area contributed by atoms with Crippen molar-refractivity contribution in [1.29, 1.82) is 10.5 Å². The molecule has 1 amide bonds. The number of hydrogen-bond donors (Lipinski definition) is 0. The monoisotopic (exact) mass is 543 g/mol. The number of rotatable bonds is 5. The molecule has 0 fully saturated rings. The molecule has 2 aromatic rings. The van der Waals surface area contributed by atoms with Gasteiger partial charge >= 0.3 is 5.97 Å². The lowest BCUT2D eigenvalue weighted by Crippen LogP contribution is -2.46. The minimum atomic E-state index is -0.706. The van der Waals surface area contributed by atoms with Crippen molar-refractivity contribution in [2.75, 3.05) is 25.7 Å². The van der Waals surface area contributed by atoms with E-state index in [0.29, 0.717) is 0 Å². The third-order valence-corrected chi connectivity index (χ3v) is 6.34. The van der Waals surface area contributed by atoms with Crippen LogP contribution in [-0.2, 0) is 19.1 Å². The van der Waals surface area contributed by atoms with Gasteiger partial charge in [-0.3, -0.25) is 9.69 Å². The lowest BCUT2D eigenvalue weighted by atomic mass is 10.1. The zero-order valence-electron chi connectivity index (χ0n) is 19.0. The topological polar surface area (TPSA) is 103 Å². The van der Waals surface area contributed by atoms with Crippen molar-refractivity contribution >= 4 is 64.0 Å². The first-order valence-corrected chi connectivity index (χ1v) is 11.1. The molecule has 0 saturated carbocycles. The average Bonchev–Trinajstić information content (AvgIpc) is 2.80. The van der Waals surface area contributed by atoms with Crippen LogP contribution in [0.3, 0.4) is 0 Å². The van der Waals surface area contributed by atoms with Gasteiger partial charge in [0, 0.05) is 7.11 Å². The van der Waals surface area contributed by atoms with Gasteiger partial charge in [0.05, 0.1) is 44.0 Å². The molecule has 11 heteroatoms. The zero-order chi connectivity index (χ0) is 26.2. The number of hydrogen-bond acceptors (Lipinski definition) is 6. The summed E-state index contributed by atoms with van der Waals surface area (Å²) in [6.45, 7) is 5.36. The number of anilines is 1. The molecule has 1 atom stereocenters. The molecule has 2 rings (SSSR count). The van der Waals surface area contributed by atoms with Crippen LogP contribution in [0.1, 0.15) is 29.2 Å². The molecule has 7 nitrogen and oxygen atoms in total. The second-order valence-corrected chi connectivity index (χ2v) is 8.38. The number of esters is 1. The summed E-state index contributed by atoms with van der Waals surface area (Å²) in [6.07, 6.45) is 0. The van der Waals surface area contributed by atoms with E-state index in [4.69, 9.17) is 66.4 Å². The van der Waals surface area contributed by atoms with Gasteiger partial charge in [0.15, 0.2) is 0 Å². The molecule has 0 bridgehead atoms. The summed E-state index contributed by atoms with van der Waals surface area (Å²) in [4.78, 5) is 25.5. The minimum Gasteiger partial charge on any atom is -0.467 e. The Kier molecular flexibility index (Phi) is 11.6. The Bertz CT molecular complexity index is 1110. The average molecular weight is 545 g/mol. The fourth-order valence-corrected chi connectivity index (χ4v) is 4.09. The molecule has 0 spiro atoms. The van der Waals surface area contributed by atoms with E-state index in [9.17, 15) is 9.59 Å². The summed E-state index contributed by atoms with van der Waals surface area (Å²) in [5, 5.41) is 17.2. The van der Waals surface area contributed by atoms with Crippen LogP contribution in [0.4, 0.5) is 5.69 Å². The van der Waals surface area contributed by atoms with E-state index in [2.05, 4.69) is 0 Å². The van der Waals surface area contributed by atoms with Crippen molar-refractivity contribution < 1.29 is 19.1 Å². The number of nitrogens with zero attached hydrogens (tertiary/aromatic N) is 3. The molecular formula is C23H21Cl4N3O4. The van der Waals surface area contributed by atoms with E-state index < -0.39 is 12.0 Å². The van der Waals surface area contributed by atoms with Gasteiger partial charge in [0.1, 0.15) is 24.8 Å². The summed E-state index contributed by atoms with van der Waals surface area (Å²) in [6, 6.07) is 8.51. The van der Waals surface area contributed by atoms with Gasteiger partial charge in [0.25, 0.3) is 5.91 Å². The van der Waals surface area contributed by atoms with E-state index in [1.807, 2.05) is 32.0 Å². The molecule has 34 heavy (non-hydrogen) atoms. The van der Waals surface area contributed by atoms with E-state index in [-0.39, 0.29) is 43.7 Å². The molecule has 0 aliphatic carbocycles. The van der Waals surface area contributed by atoms with Crippen LogP contribution < -0.4 is 4.90 Å². The van der Waals surface area contributed by atoms with Crippen LogP contribution >= 0.6 is 46.4 Å². The van der Waals surface area contributed by atoms with E-state index in [1.165, 1.54) is 19.1 Å². The molecule has 0 aromatic heterocycles. The highest BCUT2D eigenvalue weighted by Crippen LogP contribution is 2.40. The first kappa shape index (κ1) is 29.5. The Morgan fingerprint density at radius 1 is 0.941 bits per heavy atom. The summed E-state index contributed by atoms with van der Waals surface area (Å²) in [5.74, 6) is -0.736. The van der Waals surface area contributed by atoms with Gasteiger partial charge in [-0.2, -0.15) is 10.5 Å². The number of para-hydroxylation sites is 1. The highest BCUT2D eigenvalue weighted by molar-refractivity contribution is 6.50. The fraction of sp³-hybridized carbons (Fsp3) is 0.304. The molecule has 0 aliphatic rings. The molecule has 0 heterocycles. The smallest absolute Gasteiger partial charge is 0.328 e. The molecule has 0 unspecified atom stereocenters. The number of halogens is 4. The van der Waals surface area contributed by atoms with Gasteiger partial charge in [-0.1, -0.05) is 64.6 Å². The van der Waals surface area contributed by atoms with Crippen LogP contribution in [0.15, 0.2) is 18.2 Å². The van der Waals surface area contributed by atoms with Gasteiger partial charge in [-0.15, -0.1) is 0 Å². The number of nitriles is 2. The number of ether oxygens (including phenoxy) is 2. The van der Waals surface area contributed by atoms with Crippen molar-refractivity contribution in [3.63, 3.8) is 0 Å². The SMILES string of the molecule is COCC(=O)N(c1c(C)cccc1C)[C@H](C)C(=O)OC.N#Cc1c(Cl)c(Cl)c(Cl)c(C#N)c1Cl. The van der Waals surface area contributed by atoms with Gasteiger partial charge in [-0.05, 0) is 31.9 Å². The van der Waals surface area contributed by atoms with Crippen LogP contribution in [0.25, 0.3) is 0 Å². The summed E-state index contributed by atoms with van der Waals surface area (Å²) >= 11 is 22.8. The number of methoxy groups -OCH3 is 2. The Hall–Kier alpha value is -2.52. The number of amides is 1. The fourth-order valence-electron chi connectivity index (χ4n) is 3.02. The third-order valence-electron chi connectivity index (χ3n) is 4.63. The quantitative estimate of drug-likeness (QED) is 0.264. The van der Waals surface area contributed by atoms with Crippen LogP contribution in [0, 0.1) is 36.5 Å². The van der Waals surface area contributed by atoms with Crippen molar-refractivity contribution in [2.24, 2.45) is 0 Å². The van der Waals surface area contributed by atoms with Crippen molar-refractivity contribution in [3.05, 3.63) is 60.5 Å². The van der Waals surface area contributed by atoms with Crippen molar-refractivity contribution in [1.82, 2.24) is 0 Å². The third kappa shape index (κ3) is 6.54. The lowest BCUT2D eigenvalue weighted by molar-refractivity contribution is -0.143. The largest absolute Gasteiger partial charge is 0.467 e. The zero-order valence-corrected chi connectivity index (χ0v) is 22.0. The molecule has 180 valence electrons. The van der Waals surface area contributed by atoms with Crippen LogP contribution in [0.2, 0.25) is 20.1 Å². The highest BCUT2D eigenvalue weighted by atomic mass is 35.5. The van der Waals surface area contributed by atoms with E-state index in [1.54, 1.807) is 19.1 Å². The second-order valence-electron chi connectivity index (χ2n) is 6.87. The Morgan fingerprint density at radius 2 is 1.41 bits per heavy atom. The number of carbonyl (C=O) groups excluding carboxylic acids is 2. The van der Waals surface area contributed by atoms with Crippen molar-refractivity contribution in [2.45, 2.75) is 26.8 Å². The first-order chi connectivity index (χ1) is 16.0. The lowest BCUT2D eigenvalue weighted by Gasteiger charge is -2.30. The maximum absolute atomic E-state index is 12.3. The van der Waals surface area contributed by atoms with Crippen LogP contribution in [0.5, 0.6) is 0 Å². The normalized spacial score (nSPS) is 10.8. The van der Waals surface area contributed by atoms with E-state index in [0.717, 1.165) is 16.8 Å². The number of carbonyl (C=O) groups is 2. The van der Waals surface area contributed by atoms with E-state index >= 15 is 0 Å². The maximum atomic E-state index is 12.3. The predicted molar refractivity (Wildman–Crippen MR) is 133 cm³/mol. The first-order valence-electron chi connectivity index (χ1n) is 9.59. The Balaban J connectivity index is 0.000000362. The summed E-state index contributed by atoms with van der Waals surface area (Å²) < 4.78 is 9.65. The molecule has 0 saturated heterocycles. The van der Waals surface area contributed by atoms with Gasteiger partial charge in [0.2, 0.25) is 0 Å². The van der Waals surface area contributed by atoms with Gasteiger partial charge in [-0.25, -0.2) is 4.79 Å². The molecule has 0 aliphatic heterocycles. The summed E-state index contributed by atoms with van der Waals surface area (Å²) in [5.41, 5.74) is 2.49. The molecule has 0 radical (unpaired) electrons. The standard InChI is InChI=1S/C15H21NO4.C8Cl4N2/c1-10-7-6-8-11(2)14(10)16(13(17)9-19-4)12(3)15(18)20-5;9-5-3(1-13)6(10)8(12)7(11)4(5)2-14/h6-8,12H,9H2,1-5H3;/t12-;/m1./s1. The second kappa shape index (κ2) is 13.4. The highest BCUT2D eigenvalue weighted by Gasteiger charge is 2.30. The maximum Gasteiger partial charge on any atom is 0.328 e. The predicted octanol–water partition coefficient (Wildman–Crippen LogP) is 5.89. The molecule has 2 aromatic carbocycles. The van der Waals surface area contributed by atoms with Crippen molar-refractivity contribution in [3.8, 4) is 12.1 Å². The van der Waals surface area contributed by atoms with Crippen LogP contribution in [-0.4, -0.2) is 38.7 Å².